The number of nitro benzene ring substituents is 1. The lowest BCUT2D eigenvalue weighted by molar-refractivity contribution is -0.384. The Labute approximate surface area is 128 Å². The van der Waals surface area contributed by atoms with Gasteiger partial charge in [0.25, 0.3) is 5.69 Å². The summed E-state index contributed by atoms with van der Waals surface area (Å²) in [6, 6.07) is 7.23. The minimum absolute atomic E-state index is 0.121. The van der Waals surface area contributed by atoms with Gasteiger partial charge in [0.1, 0.15) is 0 Å². The predicted octanol–water partition coefficient (Wildman–Crippen LogP) is 5.88. The van der Waals surface area contributed by atoms with Crippen LogP contribution in [-0.4, -0.2) is 4.92 Å². The first kappa shape index (κ1) is 14.4. The summed E-state index contributed by atoms with van der Waals surface area (Å²) in [7, 11) is 0. The highest BCUT2D eigenvalue weighted by Gasteiger charge is 2.13. The van der Waals surface area contributed by atoms with Crippen LogP contribution in [0.2, 0.25) is 20.1 Å². The zero-order valence-electron chi connectivity index (χ0n) is 9.16. The molecule has 98 valence electrons. The lowest BCUT2D eigenvalue weighted by Gasteiger charge is -2.07. The van der Waals surface area contributed by atoms with Crippen LogP contribution < -0.4 is 0 Å². The van der Waals surface area contributed by atoms with Crippen molar-refractivity contribution in [3.05, 3.63) is 60.5 Å². The molecule has 0 bridgehead atoms. The molecule has 3 nitrogen and oxygen atoms in total. The maximum Gasteiger partial charge on any atom is 0.271 e. The molecule has 0 spiro atoms. The smallest absolute Gasteiger partial charge is 0.258 e. The number of nitro groups is 1. The summed E-state index contributed by atoms with van der Waals surface area (Å²) < 4.78 is 0. The molecule has 0 saturated carbocycles. The molecule has 2 aromatic rings. The molecule has 0 aliphatic heterocycles. The minimum atomic E-state index is -0.527. The Balaban J connectivity index is 2.65. The summed E-state index contributed by atoms with van der Waals surface area (Å²) in [6.07, 6.45) is 0. The van der Waals surface area contributed by atoms with Crippen LogP contribution in [0.1, 0.15) is 0 Å². The molecule has 0 heterocycles. The SMILES string of the molecule is O=[N+]([O-])c1cc(Cl)cc(-c2cc(Cl)c(Cl)cc2Cl)c1. The van der Waals surface area contributed by atoms with E-state index in [0.717, 1.165) is 0 Å². The first-order valence-corrected chi connectivity index (χ1v) is 6.49. The van der Waals surface area contributed by atoms with Gasteiger partial charge in [0.05, 0.1) is 15.0 Å². The van der Waals surface area contributed by atoms with Crippen molar-refractivity contribution < 1.29 is 4.92 Å². The van der Waals surface area contributed by atoms with Crippen molar-refractivity contribution >= 4 is 52.1 Å². The third kappa shape index (κ3) is 3.12. The summed E-state index contributed by atoms with van der Waals surface area (Å²) in [5.74, 6) is 0. The third-order valence-corrected chi connectivity index (χ3v) is 3.67. The second-order valence-corrected chi connectivity index (χ2v) is 5.36. The molecule has 0 N–H and O–H groups in total. The van der Waals surface area contributed by atoms with Gasteiger partial charge < -0.3 is 0 Å². The quantitative estimate of drug-likeness (QED) is 0.390. The molecular weight excluding hydrogens is 332 g/mol. The Kier molecular flexibility index (Phi) is 4.21. The maximum absolute atomic E-state index is 10.8. The van der Waals surface area contributed by atoms with Crippen molar-refractivity contribution in [1.82, 2.24) is 0 Å². The second kappa shape index (κ2) is 5.55. The molecule has 2 aromatic carbocycles. The van der Waals surface area contributed by atoms with E-state index in [9.17, 15) is 10.1 Å². The van der Waals surface area contributed by atoms with E-state index in [4.69, 9.17) is 46.4 Å². The van der Waals surface area contributed by atoms with Crippen molar-refractivity contribution in [3.8, 4) is 11.1 Å². The Morgan fingerprint density at radius 2 is 1.47 bits per heavy atom. The van der Waals surface area contributed by atoms with Crippen LogP contribution in [0, 0.1) is 10.1 Å². The van der Waals surface area contributed by atoms with Crippen molar-refractivity contribution in [2.24, 2.45) is 0 Å². The fourth-order valence-electron chi connectivity index (χ4n) is 1.58. The van der Waals surface area contributed by atoms with Crippen LogP contribution in [0.15, 0.2) is 30.3 Å². The van der Waals surface area contributed by atoms with E-state index < -0.39 is 4.92 Å². The molecule has 0 aromatic heterocycles. The van der Waals surface area contributed by atoms with Gasteiger partial charge in [-0.05, 0) is 23.8 Å². The summed E-state index contributed by atoms with van der Waals surface area (Å²) in [6.45, 7) is 0. The highest BCUT2D eigenvalue weighted by atomic mass is 35.5. The molecule has 7 heteroatoms. The molecule has 19 heavy (non-hydrogen) atoms. The van der Waals surface area contributed by atoms with Crippen LogP contribution >= 0.6 is 46.4 Å². The highest BCUT2D eigenvalue weighted by molar-refractivity contribution is 6.44. The molecule has 0 fully saturated rings. The molecule has 0 unspecified atom stereocenters. The third-order valence-electron chi connectivity index (χ3n) is 2.41. The zero-order valence-corrected chi connectivity index (χ0v) is 12.2. The van der Waals surface area contributed by atoms with Gasteiger partial charge in [0, 0.05) is 27.7 Å². The topological polar surface area (TPSA) is 43.1 Å². The Morgan fingerprint density at radius 1 is 0.842 bits per heavy atom. The number of nitrogens with zero attached hydrogens (tertiary/aromatic N) is 1. The van der Waals surface area contributed by atoms with Crippen molar-refractivity contribution in [2.75, 3.05) is 0 Å². The van der Waals surface area contributed by atoms with Crippen molar-refractivity contribution in [2.45, 2.75) is 0 Å². The standard InChI is InChI=1S/C12H5Cl4NO2/c13-7-1-6(2-8(3-7)17(18)19)9-4-11(15)12(16)5-10(9)14/h1-5H. The normalized spacial score (nSPS) is 10.5. The molecule has 0 radical (unpaired) electrons. The van der Waals surface area contributed by atoms with E-state index >= 15 is 0 Å². The lowest BCUT2D eigenvalue weighted by atomic mass is 10.1. The van der Waals surface area contributed by atoms with E-state index in [1.807, 2.05) is 0 Å². The Morgan fingerprint density at radius 3 is 2.11 bits per heavy atom. The Hall–Kier alpha value is -1.000. The number of hydrogen-bond acceptors (Lipinski definition) is 2. The van der Waals surface area contributed by atoms with Gasteiger partial charge in [-0.15, -0.1) is 0 Å². The first-order chi connectivity index (χ1) is 8.88. The van der Waals surface area contributed by atoms with E-state index in [1.54, 1.807) is 12.1 Å². The van der Waals surface area contributed by atoms with E-state index in [0.29, 0.717) is 26.2 Å². The molecule has 0 saturated heterocycles. The zero-order chi connectivity index (χ0) is 14.2. The molecule has 0 aliphatic carbocycles. The van der Waals surface area contributed by atoms with Crippen LogP contribution in [-0.2, 0) is 0 Å². The van der Waals surface area contributed by atoms with Crippen molar-refractivity contribution in [1.29, 1.82) is 0 Å². The monoisotopic (exact) mass is 335 g/mol. The average Bonchev–Trinajstić information content (AvgIpc) is 2.33. The number of benzene rings is 2. The molecule has 2 rings (SSSR count). The predicted molar refractivity (Wildman–Crippen MR) is 78.6 cm³/mol. The lowest BCUT2D eigenvalue weighted by Crippen LogP contribution is -1.89. The maximum atomic E-state index is 10.8. The van der Waals surface area contributed by atoms with Gasteiger partial charge >= 0.3 is 0 Å². The summed E-state index contributed by atoms with van der Waals surface area (Å²) in [5.41, 5.74) is 0.911. The van der Waals surface area contributed by atoms with E-state index in [-0.39, 0.29) is 10.7 Å². The van der Waals surface area contributed by atoms with Gasteiger partial charge in [-0.25, -0.2) is 0 Å². The summed E-state index contributed by atoms with van der Waals surface area (Å²) in [5, 5.41) is 12.0. The van der Waals surface area contributed by atoms with Gasteiger partial charge in [-0.2, -0.15) is 0 Å². The van der Waals surface area contributed by atoms with Gasteiger partial charge in [-0.3, -0.25) is 10.1 Å². The molecule has 0 aliphatic rings. The largest absolute Gasteiger partial charge is 0.271 e. The summed E-state index contributed by atoms with van der Waals surface area (Å²) >= 11 is 23.7. The summed E-state index contributed by atoms with van der Waals surface area (Å²) in [4.78, 5) is 10.3. The van der Waals surface area contributed by atoms with Crippen LogP contribution in [0.5, 0.6) is 0 Å². The number of hydrogen-bond donors (Lipinski definition) is 0. The number of rotatable bonds is 2. The molecular formula is C12H5Cl4NO2. The van der Waals surface area contributed by atoms with Gasteiger partial charge in [0.15, 0.2) is 0 Å². The van der Waals surface area contributed by atoms with E-state index in [1.165, 1.54) is 18.2 Å². The highest BCUT2D eigenvalue weighted by Crippen LogP contribution is 2.37. The first-order valence-electron chi connectivity index (χ1n) is 4.98. The fraction of sp³-hybridized carbons (Fsp3) is 0. The second-order valence-electron chi connectivity index (χ2n) is 3.70. The minimum Gasteiger partial charge on any atom is -0.258 e. The average molecular weight is 337 g/mol. The molecule has 0 amide bonds. The molecule has 0 atom stereocenters. The van der Waals surface area contributed by atoms with E-state index in [2.05, 4.69) is 0 Å². The number of halogens is 4. The van der Waals surface area contributed by atoms with Crippen molar-refractivity contribution in [3.63, 3.8) is 0 Å². The fourth-order valence-corrected chi connectivity index (χ4v) is 2.46. The van der Waals surface area contributed by atoms with Gasteiger partial charge in [-0.1, -0.05) is 46.4 Å². The van der Waals surface area contributed by atoms with Crippen LogP contribution in [0.25, 0.3) is 11.1 Å². The van der Waals surface area contributed by atoms with Gasteiger partial charge in [0.2, 0.25) is 0 Å². The van der Waals surface area contributed by atoms with Crippen LogP contribution in [0.4, 0.5) is 5.69 Å². The Bertz CT molecular complexity index is 673. The number of non-ortho nitro benzene ring substituents is 1. The van der Waals surface area contributed by atoms with Crippen LogP contribution in [0.3, 0.4) is 0 Å².